The zero-order valence-electron chi connectivity index (χ0n) is 15.9. The molecule has 2 aromatic carbocycles. The Morgan fingerprint density at radius 3 is 2.73 bits per heavy atom. The molecule has 4 aromatic rings. The topological polar surface area (TPSA) is 93.8 Å². The number of aromatic amines is 1. The van der Waals surface area contributed by atoms with Crippen molar-refractivity contribution in [3.8, 4) is 17.1 Å². The van der Waals surface area contributed by atoms with Crippen molar-refractivity contribution in [3.05, 3.63) is 87.9 Å². The molecule has 4 rings (SSSR count). The first-order chi connectivity index (χ1) is 14.4. The highest BCUT2D eigenvalue weighted by atomic mass is 19.2. The van der Waals surface area contributed by atoms with Crippen LogP contribution < -0.4 is 5.69 Å². The van der Waals surface area contributed by atoms with E-state index in [-0.39, 0.29) is 35.8 Å². The van der Waals surface area contributed by atoms with Crippen molar-refractivity contribution in [3.63, 3.8) is 0 Å². The summed E-state index contributed by atoms with van der Waals surface area (Å²) in [7, 11) is 0. The summed E-state index contributed by atoms with van der Waals surface area (Å²) in [6, 6.07) is 10.1. The summed E-state index contributed by atoms with van der Waals surface area (Å²) in [6.07, 6.45) is 1.77. The number of hydrogen-bond acceptors (Lipinski definition) is 5. The number of ketones is 1. The van der Waals surface area contributed by atoms with Gasteiger partial charge in [0.25, 0.3) is 0 Å². The number of imidazole rings is 1. The second-order valence-corrected chi connectivity index (χ2v) is 6.68. The first-order valence-corrected chi connectivity index (χ1v) is 9.11. The molecule has 0 aliphatic rings. The lowest BCUT2D eigenvalue weighted by molar-refractivity contribution is 0.0979. The second kappa shape index (κ2) is 7.86. The van der Waals surface area contributed by atoms with Gasteiger partial charge in [-0.25, -0.2) is 13.6 Å². The molecule has 30 heavy (non-hydrogen) atoms. The molecule has 2 heterocycles. The van der Waals surface area contributed by atoms with E-state index in [9.17, 15) is 18.4 Å². The van der Waals surface area contributed by atoms with Crippen LogP contribution in [-0.2, 0) is 6.42 Å². The van der Waals surface area contributed by atoms with E-state index in [1.807, 2.05) is 0 Å². The highest BCUT2D eigenvalue weighted by Crippen LogP contribution is 2.20. The number of halogens is 2. The van der Waals surface area contributed by atoms with Gasteiger partial charge in [-0.3, -0.25) is 9.36 Å². The smallest absolute Gasteiger partial charge is 0.330 e. The molecule has 0 spiro atoms. The van der Waals surface area contributed by atoms with E-state index in [1.165, 1.54) is 10.6 Å². The minimum absolute atomic E-state index is 0.00465. The third-order valence-corrected chi connectivity index (χ3v) is 4.60. The summed E-state index contributed by atoms with van der Waals surface area (Å²) in [4.78, 5) is 31.1. The highest BCUT2D eigenvalue weighted by molar-refractivity contribution is 5.96. The number of carbonyl (C=O) groups is 1. The predicted octanol–water partition coefficient (Wildman–Crippen LogP) is 3.62. The number of benzene rings is 2. The number of Topliss-reactive ketones (excluding diaryl/α,β-unsaturated/α-hetero) is 1. The normalized spacial score (nSPS) is 11.0. The highest BCUT2D eigenvalue weighted by Gasteiger charge is 2.14. The quantitative estimate of drug-likeness (QED) is 0.490. The molecule has 1 N–H and O–H groups in total. The van der Waals surface area contributed by atoms with E-state index in [4.69, 9.17) is 4.52 Å². The van der Waals surface area contributed by atoms with Crippen LogP contribution in [0.25, 0.3) is 17.1 Å². The number of nitrogens with zero attached hydrogens (tertiary/aromatic N) is 3. The second-order valence-electron chi connectivity index (χ2n) is 6.68. The summed E-state index contributed by atoms with van der Waals surface area (Å²) in [5.41, 5.74) is 1.86. The maximum Gasteiger partial charge on any atom is 0.330 e. The van der Waals surface area contributed by atoms with Crippen molar-refractivity contribution in [1.29, 1.82) is 0 Å². The van der Waals surface area contributed by atoms with E-state index in [0.717, 1.165) is 17.8 Å². The van der Waals surface area contributed by atoms with Crippen LogP contribution in [0.3, 0.4) is 0 Å². The van der Waals surface area contributed by atoms with Crippen LogP contribution in [0.2, 0.25) is 0 Å². The number of hydrogen-bond donors (Lipinski definition) is 1. The zero-order chi connectivity index (χ0) is 21.3. The van der Waals surface area contributed by atoms with Crippen molar-refractivity contribution in [1.82, 2.24) is 19.7 Å². The fourth-order valence-corrected chi connectivity index (χ4v) is 3.07. The van der Waals surface area contributed by atoms with Crippen molar-refractivity contribution in [2.45, 2.75) is 19.8 Å². The SMILES string of the molecule is Cc1c[nH]c(=O)n1-c1cccc(-c2noc(CCC(=O)c3ccc(F)c(F)c3)n2)c1. The van der Waals surface area contributed by atoms with Gasteiger partial charge in [0.05, 0.1) is 5.69 Å². The predicted molar refractivity (Wildman–Crippen MR) is 103 cm³/mol. The van der Waals surface area contributed by atoms with Crippen LogP contribution in [0.15, 0.2) is 58.0 Å². The van der Waals surface area contributed by atoms with Crippen molar-refractivity contribution in [2.24, 2.45) is 0 Å². The molecule has 152 valence electrons. The first-order valence-electron chi connectivity index (χ1n) is 9.11. The fraction of sp³-hybridized carbons (Fsp3) is 0.143. The summed E-state index contributed by atoms with van der Waals surface area (Å²) < 4.78 is 33.0. The van der Waals surface area contributed by atoms with Crippen LogP contribution in [0.1, 0.15) is 28.4 Å². The standard InChI is InChI=1S/C21H16F2N4O3/c1-12-11-24-21(29)27(12)15-4-2-3-14(9-15)20-25-19(30-26-20)8-7-18(28)13-5-6-16(22)17(23)10-13/h2-6,9-11H,7-8H2,1H3,(H,24,29). The molecule has 0 fully saturated rings. The monoisotopic (exact) mass is 410 g/mol. The lowest BCUT2D eigenvalue weighted by Crippen LogP contribution is -2.15. The number of carbonyl (C=O) groups excluding carboxylic acids is 1. The van der Waals surface area contributed by atoms with Crippen molar-refractivity contribution in [2.75, 3.05) is 0 Å². The van der Waals surface area contributed by atoms with Gasteiger partial charge in [0.1, 0.15) is 0 Å². The average Bonchev–Trinajstić information content (AvgIpc) is 3.35. The van der Waals surface area contributed by atoms with Gasteiger partial charge in [0.15, 0.2) is 17.4 Å². The van der Waals surface area contributed by atoms with Crippen LogP contribution in [0.5, 0.6) is 0 Å². The Balaban J connectivity index is 1.49. The van der Waals surface area contributed by atoms with Crippen LogP contribution in [-0.4, -0.2) is 25.5 Å². The molecule has 0 saturated carbocycles. The molecule has 0 atom stereocenters. The van der Waals surface area contributed by atoms with Gasteiger partial charge in [0.2, 0.25) is 11.7 Å². The number of aryl methyl sites for hydroxylation is 2. The Bertz CT molecular complexity index is 1290. The number of nitrogens with one attached hydrogen (secondary N) is 1. The number of aromatic nitrogens is 4. The molecule has 0 bridgehead atoms. The lowest BCUT2D eigenvalue weighted by Gasteiger charge is -2.05. The van der Waals surface area contributed by atoms with E-state index >= 15 is 0 Å². The molecule has 0 unspecified atom stereocenters. The van der Waals surface area contributed by atoms with Crippen LogP contribution in [0, 0.1) is 18.6 Å². The molecule has 0 aliphatic carbocycles. The minimum atomic E-state index is -1.07. The summed E-state index contributed by atoms with van der Waals surface area (Å²) in [5, 5.41) is 3.93. The maximum atomic E-state index is 13.3. The molecule has 9 heteroatoms. The molecule has 0 aliphatic heterocycles. The summed E-state index contributed by atoms with van der Waals surface area (Å²) >= 11 is 0. The van der Waals surface area contributed by atoms with Gasteiger partial charge in [-0.2, -0.15) is 4.98 Å². The lowest BCUT2D eigenvalue weighted by atomic mass is 10.1. The third kappa shape index (κ3) is 3.82. The third-order valence-electron chi connectivity index (χ3n) is 4.60. The largest absolute Gasteiger partial charge is 0.339 e. The van der Waals surface area contributed by atoms with E-state index in [2.05, 4.69) is 15.1 Å². The molecule has 7 nitrogen and oxygen atoms in total. The van der Waals surface area contributed by atoms with Gasteiger partial charge in [0, 0.05) is 35.9 Å². The Labute approximate surface area is 169 Å². The Kier molecular flexibility index (Phi) is 5.09. The molecular weight excluding hydrogens is 394 g/mol. The number of H-pyrrole nitrogens is 1. The fourth-order valence-electron chi connectivity index (χ4n) is 3.07. The van der Waals surface area contributed by atoms with Gasteiger partial charge < -0.3 is 9.51 Å². The van der Waals surface area contributed by atoms with Gasteiger partial charge in [-0.1, -0.05) is 17.3 Å². The molecule has 0 saturated heterocycles. The average molecular weight is 410 g/mol. The van der Waals surface area contributed by atoms with E-state index in [1.54, 1.807) is 37.4 Å². The van der Waals surface area contributed by atoms with Gasteiger partial charge in [-0.05, 0) is 37.3 Å². The van der Waals surface area contributed by atoms with Gasteiger partial charge in [-0.15, -0.1) is 0 Å². The van der Waals surface area contributed by atoms with E-state index < -0.39 is 11.6 Å². The number of rotatable bonds is 6. The molecule has 0 radical (unpaired) electrons. The Morgan fingerprint density at radius 2 is 2.00 bits per heavy atom. The Morgan fingerprint density at radius 1 is 1.17 bits per heavy atom. The van der Waals surface area contributed by atoms with Crippen molar-refractivity contribution >= 4 is 5.78 Å². The zero-order valence-corrected chi connectivity index (χ0v) is 15.9. The molecule has 0 amide bonds. The Hall–Kier alpha value is -3.88. The molecular formula is C21H16F2N4O3. The van der Waals surface area contributed by atoms with Crippen LogP contribution >= 0.6 is 0 Å². The van der Waals surface area contributed by atoms with Crippen molar-refractivity contribution < 1.29 is 18.1 Å². The first kappa shape index (κ1) is 19.4. The summed E-state index contributed by atoms with van der Waals surface area (Å²) in [6.45, 7) is 1.81. The molecule has 2 aromatic heterocycles. The minimum Gasteiger partial charge on any atom is -0.339 e. The summed E-state index contributed by atoms with van der Waals surface area (Å²) in [5.74, 6) is -1.89. The maximum absolute atomic E-state index is 13.3. The van der Waals surface area contributed by atoms with Gasteiger partial charge >= 0.3 is 5.69 Å². The van der Waals surface area contributed by atoms with E-state index in [0.29, 0.717) is 17.1 Å². The van der Waals surface area contributed by atoms with Crippen LogP contribution in [0.4, 0.5) is 8.78 Å².